The number of aliphatic hydroxyl groups excluding tert-OH is 2. The lowest BCUT2D eigenvalue weighted by Crippen LogP contribution is -2.35. The van der Waals surface area contributed by atoms with Crippen LogP contribution in [0.25, 0.3) is 0 Å². The average Bonchev–Trinajstić information content (AvgIpc) is 3.15. The molecular weight excluding hydrogens is 408 g/mol. The van der Waals surface area contributed by atoms with Gasteiger partial charge in [0.1, 0.15) is 0 Å². The lowest BCUT2D eigenvalue weighted by molar-refractivity contribution is 0.0827. The number of hydrogen-bond acceptors (Lipinski definition) is 3. The zero-order valence-electron chi connectivity index (χ0n) is 21.3. The van der Waals surface area contributed by atoms with Crippen LogP contribution in [0.4, 0.5) is 0 Å². The number of allylic oxidation sites excluding steroid dienone is 6. The molecule has 3 aliphatic rings. The van der Waals surface area contributed by atoms with Gasteiger partial charge in [-0.3, -0.25) is 0 Å². The Hall–Kier alpha value is -1.42. The van der Waals surface area contributed by atoms with Gasteiger partial charge in [0.05, 0.1) is 17.8 Å². The van der Waals surface area contributed by atoms with Crippen molar-refractivity contribution in [3.63, 3.8) is 0 Å². The quantitative estimate of drug-likeness (QED) is 0.389. The summed E-state index contributed by atoms with van der Waals surface area (Å²) in [4.78, 5) is 0. The first kappa shape index (κ1) is 26.2. The summed E-state index contributed by atoms with van der Waals surface area (Å²) in [5.74, 6) is 1.77. The van der Waals surface area contributed by atoms with Crippen molar-refractivity contribution in [1.82, 2.24) is 0 Å². The summed E-state index contributed by atoms with van der Waals surface area (Å²) in [5, 5.41) is 30.7. The molecule has 0 radical (unpaired) electrons. The van der Waals surface area contributed by atoms with Gasteiger partial charge in [-0.15, -0.1) is 0 Å². The van der Waals surface area contributed by atoms with Crippen LogP contribution in [0.5, 0.6) is 0 Å². The van der Waals surface area contributed by atoms with E-state index < -0.39 is 17.8 Å². The molecule has 0 aromatic heterocycles. The fourth-order valence-corrected chi connectivity index (χ4v) is 6.70. The van der Waals surface area contributed by atoms with Crippen LogP contribution in [0.15, 0.2) is 59.8 Å². The van der Waals surface area contributed by atoms with E-state index in [4.69, 9.17) is 0 Å². The molecule has 184 valence electrons. The van der Waals surface area contributed by atoms with Gasteiger partial charge in [-0.05, 0) is 85.7 Å². The van der Waals surface area contributed by atoms with Crippen molar-refractivity contribution in [2.45, 2.75) is 103 Å². The summed E-state index contributed by atoms with van der Waals surface area (Å²) >= 11 is 0. The van der Waals surface area contributed by atoms with E-state index >= 15 is 0 Å². The van der Waals surface area contributed by atoms with Crippen molar-refractivity contribution in [2.75, 3.05) is 0 Å². The molecule has 6 atom stereocenters. The lowest BCUT2D eigenvalue weighted by Gasteiger charge is -2.44. The zero-order valence-corrected chi connectivity index (χ0v) is 21.3. The molecule has 0 aromatic carbocycles. The molecule has 0 unspecified atom stereocenters. The Morgan fingerprint density at radius 1 is 1.15 bits per heavy atom. The Morgan fingerprint density at radius 3 is 2.58 bits per heavy atom. The van der Waals surface area contributed by atoms with Crippen LogP contribution in [0.1, 0.15) is 85.5 Å². The normalized spacial score (nSPS) is 36.9. The summed E-state index contributed by atoms with van der Waals surface area (Å²) in [7, 11) is 0. The third kappa shape index (κ3) is 5.81. The molecule has 0 bridgehead atoms. The van der Waals surface area contributed by atoms with Gasteiger partial charge >= 0.3 is 0 Å². The first-order chi connectivity index (χ1) is 15.6. The van der Waals surface area contributed by atoms with Crippen LogP contribution in [0, 0.1) is 23.2 Å². The van der Waals surface area contributed by atoms with Gasteiger partial charge < -0.3 is 15.3 Å². The van der Waals surface area contributed by atoms with Crippen molar-refractivity contribution in [3.8, 4) is 0 Å². The van der Waals surface area contributed by atoms with E-state index in [0.717, 1.165) is 30.4 Å². The molecule has 0 heterocycles. The molecule has 3 N–H and O–H groups in total. The highest BCUT2D eigenvalue weighted by Gasteiger charge is 2.50. The van der Waals surface area contributed by atoms with E-state index in [1.165, 1.54) is 31.3 Å². The zero-order chi connectivity index (χ0) is 24.2. The van der Waals surface area contributed by atoms with Gasteiger partial charge in [0.15, 0.2) is 0 Å². The summed E-state index contributed by atoms with van der Waals surface area (Å²) in [6.45, 7) is 13.0. The van der Waals surface area contributed by atoms with Crippen molar-refractivity contribution in [1.29, 1.82) is 0 Å². The standard InChI is InChI=1S/C30H46O3/c1-6-30(33,7-2)18-9-8-11-21(3)26-15-16-27-23(12-10-17-29(26,27)5)13-14-24-19-25(31)20-28(32)22(24)4/h8-9,11,13-14,18,21,25-28,31-33H,4,6-7,10,12,15-17,19-20H2,1-3,5H3/b11-8+,18-9+,23-13-,24-14+/t21-,25+,26-,27-,28-,29+/m1/s1. The maximum Gasteiger partial charge on any atom is 0.0825 e. The average molecular weight is 455 g/mol. The lowest BCUT2D eigenvalue weighted by atomic mass is 9.61. The Morgan fingerprint density at radius 2 is 1.88 bits per heavy atom. The van der Waals surface area contributed by atoms with Gasteiger partial charge in [0.25, 0.3) is 0 Å². The van der Waals surface area contributed by atoms with E-state index in [9.17, 15) is 15.3 Å². The SMILES string of the molecule is C=C1/C(=C/C=C2/CCC[C@]3(C)[C@@H]2CC[C@@H]3[C@H](C)/C=C/C=C/C(O)(CC)CC)C[C@H](O)C[C@H]1O. The predicted molar refractivity (Wildman–Crippen MR) is 138 cm³/mol. The summed E-state index contributed by atoms with van der Waals surface area (Å²) in [5.41, 5.74) is 2.92. The van der Waals surface area contributed by atoms with Crippen LogP contribution in [0.2, 0.25) is 0 Å². The Labute approximate surface area is 201 Å². The molecule has 0 aromatic rings. The maximum atomic E-state index is 10.5. The molecule has 3 saturated carbocycles. The van der Waals surface area contributed by atoms with E-state index in [2.05, 4.69) is 44.7 Å². The minimum atomic E-state index is -0.689. The highest BCUT2D eigenvalue weighted by molar-refractivity contribution is 5.38. The maximum absolute atomic E-state index is 10.5. The molecule has 3 heteroatoms. The molecule has 0 aliphatic heterocycles. The van der Waals surface area contributed by atoms with Crippen LogP contribution in [-0.4, -0.2) is 33.1 Å². The monoisotopic (exact) mass is 454 g/mol. The fraction of sp³-hybridized carbons (Fsp3) is 0.667. The first-order valence-electron chi connectivity index (χ1n) is 13.2. The summed E-state index contributed by atoms with van der Waals surface area (Å²) in [6.07, 6.45) is 20.3. The van der Waals surface area contributed by atoms with Crippen LogP contribution in [0.3, 0.4) is 0 Å². The Bertz CT molecular complexity index is 812. The smallest absolute Gasteiger partial charge is 0.0825 e. The number of aliphatic hydroxyl groups is 3. The van der Waals surface area contributed by atoms with Gasteiger partial charge in [-0.2, -0.15) is 0 Å². The second kappa shape index (κ2) is 10.9. The van der Waals surface area contributed by atoms with Gasteiger partial charge in [-0.25, -0.2) is 0 Å². The second-order valence-electron chi connectivity index (χ2n) is 11.1. The molecule has 33 heavy (non-hydrogen) atoms. The fourth-order valence-electron chi connectivity index (χ4n) is 6.70. The Kier molecular flexibility index (Phi) is 8.64. The molecular formula is C30H46O3. The van der Waals surface area contributed by atoms with Crippen LogP contribution < -0.4 is 0 Å². The third-order valence-electron chi connectivity index (χ3n) is 9.09. The van der Waals surface area contributed by atoms with Crippen LogP contribution in [-0.2, 0) is 0 Å². The highest BCUT2D eigenvalue weighted by atomic mass is 16.3. The van der Waals surface area contributed by atoms with E-state index in [0.29, 0.717) is 36.0 Å². The number of fused-ring (bicyclic) bond motifs is 1. The topological polar surface area (TPSA) is 60.7 Å². The molecule has 0 amide bonds. The minimum Gasteiger partial charge on any atom is -0.393 e. The third-order valence-corrected chi connectivity index (χ3v) is 9.09. The van der Waals surface area contributed by atoms with Gasteiger partial charge in [0.2, 0.25) is 0 Å². The minimum absolute atomic E-state index is 0.312. The molecule has 0 saturated heterocycles. The van der Waals surface area contributed by atoms with Gasteiger partial charge in [0, 0.05) is 6.42 Å². The van der Waals surface area contributed by atoms with E-state index in [1.54, 1.807) is 0 Å². The predicted octanol–water partition coefficient (Wildman–Crippen LogP) is 6.43. The highest BCUT2D eigenvalue weighted by Crippen LogP contribution is 2.59. The second-order valence-corrected chi connectivity index (χ2v) is 11.1. The number of hydrogen-bond donors (Lipinski definition) is 3. The van der Waals surface area contributed by atoms with Crippen molar-refractivity contribution in [2.24, 2.45) is 23.2 Å². The van der Waals surface area contributed by atoms with E-state index in [-0.39, 0.29) is 0 Å². The van der Waals surface area contributed by atoms with Crippen molar-refractivity contribution < 1.29 is 15.3 Å². The molecule has 0 spiro atoms. The molecule has 3 fully saturated rings. The number of rotatable bonds is 7. The van der Waals surface area contributed by atoms with Crippen LogP contribution >= 0.6 is 0 Å². The molecule has 3 nitrogen and oxygen atoms in total. The summed E-state index contributed by atoms with van der Waals surface area (Å²) in [6, 6.07) is 0. The van der Waals surface area contributed by atoms with Crippen molar-refractivity contribution in [3.05, 3.63) is 59.8 Å². The molecule has 3 aliphatic carbocycles. The Balaban J connectivity index is 1.72. The summed E-state index contributed by atoms with van der Waals surface area (Å²) < 4.78 is 0. The van der Waals surface area contributed by atoms with Crippen molar-refractivity contribution >= 4 is 0 Å². The largest absolute Gasteiger partial charge is 0.393 e. The molecule has 3 rings (SSSR count). The van der Waals surface area contributed by atoms with Gasteiger partial charge in [-0.1, -0.05) is 76.3 Å². The van der Waals surface area contributed by atoms with E-state index in [1.807, 2.05) is 26.0 Å². The first-order valence-corrected chi connectivity index (χ1v) is 13.2.